The molecular formula is C11H23N3O3S. The van der Waals surface area contributed by atoms with E-state index in [-0.39, 0.29) is 23.6 Å². The molecule has 0 bridgehead atoms. The second-order valence-corrected chi connectivity index (χ2v) is 7.29. The van der Waals surface area contributed by atoms with E-state index in [4.69, 9.17) is 0 Å². The van der Waals surface area contributed by atoms with E-state index in [1.165, 1.54) is 4.90 Å². The number of nitrogens with one attached hydrogen (secondary N) is 1. The van der Waals surface area contributed by atoms with Gasteiger partial charge in [0.05, 0.1) is 11.5 Å². The molecule has 18 heavy (non-hydrogen) atoms. The average molecular weight is 277 g/mol. The van der Waals surface area contributed by atoms with Crippen LogP contribution < -0.4 is 5.32 Å². The molecule has 2 amide bonds. The van der Waals surface area contributed by atoms with Crippen LogP contribution in [0.25, 0.3) is 0 Å². The summed E-state index contributed by atoms with van der Waals surface area (Å²) in [4.78, 5) is 15.4. The molecule has 7 heteroatoms. The Kier molecular flexibility index (Phi) is 5.40. The SMILES string of the molecule is CN(C)CCCNC(=O)N(C)C1CCS(=O)(=O)C1. The Labute approximate surface area is 109 Å². The van der Waals surface area contributed by atoms with E-state index < -0.39 is 9.84 Å². The maximum atomic E-state index is 11.8. The van der Waals surface area contributed by atoms with Gasteiger partial charge in [-0.25, -0.2) is 13.2 Å². The molecule has 0 aromatic rings. The number of amides is 2. The molecule has 1 aliphatic rings. The van der Waals surface area contributed by atoms with Gasteiger partial charge in [0.2, 0.25) is 0 Å². The van der Waals surface area contributed by atoms with Crippen molar-refractivity contribution >= 4 is 15.9 Å². The highest BCUT2D eigenvalue weighted by Gasteiger charge is 2.32. The van der Waals surface area contributed by atoms with Crippen molar-refractivity contribution in [3.8, 4) is 0 Å². The summed E-state index contributed by atoms with van der Waals surface area (Å²) in [6.07, 6.45) is 1.43. The molecule has 0 aliphatic carbocycles. The zero-order chi connectivity index (χ0) is 13.8. The summed E-state index contributed by atoms with van der Waals surface area (Å²) in [7, 11) is 2.69. The standard InChI is InChI=1S/C11H23N3O3S/c1-13(2)7-4-6-12-11(15)14(3)10-5-8-18(16,17)9-10/h10H,4-9H2,1-3H3,(H,12,15). The first kappa shape index (κ1) is 15.2. The quantitative estimate of drug-likeness (QED) is 0.705. The van der Waals surface area contributed by atoms with Crippen LogP contribution in [-0.4, -0.2) is 76.0 Å². The molecule has 1 rings (SSSR count). The summed E-state index contributed by atoms with van der Waals surface area (Å²) >= 11 is 0. The predicted octanol–water partition coefficient (Wildman–Crippen LogP) is -0.233. The molecule has 1 heterocycles. The molecular weight excluding hydrogens is 254 g/mol. The number of nitrogens with zero attached hydrogens (tertiary/aromatic N) is 2. The van der Waals surface area contributed by atoms with Gasteiger partial charge in [-0.3, -0.25) is 0 Å². The number of hydrogen-bond donors (Lipinski definition) is 1. The number of sulfone groups is 1. The first-order valence-electron chi connectivity index (χ1n) is 6.17. The normalized spacial score (nSPS) is 22.1. The zero-order valence-electron chi connectivity index (χ0n) is 11.3. The van der Waals surface area contributed by atoms with Gasteiger partial charge in [-0.05, 0) is 33.5 Å². The Hall–Kier alpha value is -0.820. The van der Waals surface area contributed by atoms with Crippen molar-refractivity contribution in [1.82, 2.24) is 15.1 Å². The van der Waals surface area contributed by atoms with Crippen LogP contribution in [0.5, 0.6) is 0 Å². The first-order valence-corrected chi connectivity index (χ1v) is 8.00. The lowest BCUT2D eigenvalue weighted by Gasteiger charge is -2.23. The largest absolute Gasteiger partial charge is 0.338 e. The summed E-state index contributed by atoms with van der Waals surface area (Å²) in [5.41, 5.74) is 0. The Bertz CT molecular complexity index is 381. The molecule has 0 radical (unpaired) electrons. The molecule has 6 nitrogen and oxygen atoms in total. The Morgan fingerprint density at radius 3 is 2.50 bits per heavy atom. The van der Waals surface area contributed by atoms with Crippen LogP contribution in [0.4, 0.5) is 4.79 Å². The van der Waals surface area contributed by atoms with Crippen molar-refractivity contribution in [3.63, 3.8) is 0 Å². The second-order valence-electron chi connectivity index (χ2n) is 5.06. The van der Waals surface area contributed by atoms with Gasteiger partial charge < -0.3 is 15.1 Å². The summed E-state index contributed by atoms with van der Waals surface area (Å²) in [5, 5.41) is 2.81. The van der Waals surface area contributed by atoms with E-state index in [1.54, 1.807) is 7.05 Å². The van der Waals surface area contributed by atoms with Gasteiger partial charge in [0.25, 0.3) is 0 Å². The van der Waals surface area contributed by atoms with Crippen molar-refractivity contribution < 1.29 is 13.2 Å². The van der Waals surface area contributed by atoms with Gasteiger partial charge in [-0.1, -0.05) is 0 Å². The van der Waals surface area contributed by atoms with Crippen molar-refractivity contribution in [3.05, 3.63) is 0 Å². The van der Waals surface area contributed by atoms with E-state index in [0.29, 0.717) is 13.0 Å². The fourth-order valence-electron chi connectivity index (χ4n) is 1.96. The molecule has 1 fully saturated rings. The van der Waals surface area contributed by atoms with E-state index >= 15 is 0 Å². The third kappa shape index (κ3) is 4.81. The van der Waals surface area contributed by atoms with Gasteiger partial charge in [0, 0.05) is 19.6 Å². The minimum Gasteiger partial charge on any atom is -0.338 e. The molecule has 1 atom stereocenters. The molecule has 1 aliphatic heterocycles. The predicted molar refractivity (Wildman–Crippen MR) is 71.4 cm³/mol. The highest BCUT2D eigenvalue weighted by molar-refractivity contribution is 7.91. The number of rotatable bonds is 5. The molecule has 0 aromatic carbocycles. The minimum absolute atomic E-state index is 0.0919. The molecule has 1 unspecified atom stereocenters. The van der Waals surface area contributed by atoms with E-state index in [9.17, 15) is 13.2 Å². The van der Waals surface area contributed by atoms with Gasteiger partial charge in [0.15, 0.2) is 9.84 Å². The van der Waals surface area contributed by atoms with Crippen molar-refractivity contribution in [2.45, 2.75) is 18.9 Å². The fourth-order valence-corrected chi connectivity index (χ4v) is 3.74. The second kappa shape index (κ2) is 6.38. The van der Waals surface area contributed by atoms with Crippen molar-refractivity contribution in [2.24, 2.45) is 0 Å². The highest BCUT2D eigenvalue weighted by atomic mass is 32.2. The monoisotopic (exact) mass is 277 g/mol. The van der Waals surface area contributed by atoms with Crippen molar-refractivity contribution in [1.29, 1.82) is 0 Å². The van der Waals surface area contributed by atoms with Crippen LogP contribution in [0, 0.1) is 0 Å². The lowest BCUT2D eigenvalue weighted by atomic mass is 10.2. The number of carbonyl (C=O) groups excluding carboxylic acids is 1. The van der Waals surface area contributed by atoms with Gasteiger partial charge >= 0.3 is 6.03 Å². The van der Waals surface area contributed by atoms with Crippen LogP contribution in [0.15, 0.2) is 0 Å². The lowest BCUT2D eigenvalue weighted by Crippen LogP contribution is -2.44. The molecule has 0 saturated carbocycles. The van der Waals surface area contributed by atoms with Crippen LogP contribution in [-0.2, 0) is 9.84 Å². The molecule has 0 spiro atoms. The Balaban J connectivity index is 2.29. The number of hydrogen-bond acceptors (Lipinski definition) is 4. The van der Waals surface area contributed by atoms with Crippen LogP contribution in [0.3, 0.4) is 0 Å². The number of urea groups is 1. The smallest absolute Gasteiger partial charge is 0.317 e. The molecule has 0 aromatic heterocycles. The Morgan fingerprint density at radius 1 is 1.33 bits per heavy atom. The van der Waals surface area contributed by atoms with E-state index in [0.717, 1.165) is 13.0 Å². The van der Waals surface area contributed by atoms with E-state index in [2.05, 4.69) is 10.2 Å². The van der Waals surface area contributed by atoms with Crippen LogP contribution >= 0.6 is 0 Å². The average Bonchev–Trinajstić information content (AvgIpc) is 2.63. The lowest BCUT2D eigenvalue weighted by molar-refractivity contribution is 0.194. The van der Waals surface area contributed by atoms with E-state index in [1.807, 2.05) is 14.1 Å². The maximum Gasteiger partial charge on any atom is 0.317 e. The topological polar surface area (TPSA) is 69.7 Å². The van der Waals surface area contributed by atoms with Crippen molar-refractivity contribution in [2.75, 3.05) is 45.7 Å². The third-order valence-corrected chi connectivity index (χ3v) is 4.89. The molecule has 1 N–H and O–H groups in total. The Morgan fingerprint density at radius 2 is 2.00 bits per heavy atom. The molecule has 1 saturated heterocycles. The fraction of sp³-hybridized carbons (Fsp3) is 0.909. The minimum atomic E-state index is -2.94. The maximum absolute atomic E-state index is 11.8. The summed E-state index contributed by atoms with van der Waals surface area (Å²) in [5.74, 6) is 0.282. The zero-order valence-corrected chi connectivity index (χ0v) is 12.2. The number of carbonyl (C=O) groups is 1. The van der Waals surface area contributed by atoms with Crippen LogP contribution in [0.2, 0.25) is 0 Å². The van der Waals surface area contributed by atoms with Crippen LogP contribution in [0.1, 0.15) is 12.8 Å². The molecule has 106 valence electrons. The third-order valence-electron chi connectivity index (χ3n) is 3.13. The first-order chi connectivity index (χ1) is 8.32. The summed E-state index contributed by atoms with van der Waals surface area (Å²) in [6, 6.07) is -0.361. The van der Waals surface area contributed by atoms with Gasteiger partial charge in [0.1, 0.15) is 0 Å². The van der Waals surface area contributed by atoms with Gasteiger partial charge in [-0.2, -0.15) is 0 Å². The highest BCUT2D eigenvalue weighted by Crippen LogP contribution is 2.16. The van der Waals surface area contributed by atoms with Gasteiger partial charge in [-0.15, -0.1) is 0 Å². The summed E-state index contributed by atoms with van der Waals surface area (Å²) in [6.45, 7) is 1.53. The summed E-state index contributed by atoms with van der Waals surface area (Å²) < 4.78 is 22.7.